The number of esters is 1. The number of carbonyl (C=O) groups excluding carboxylic acids is 1. The molecule has 0 amide bonds. The van der Waals surface area contributed by atoms with Crippen LogP contribution in [0.5, 0.6) is 17.2 Å². The molecule has 1 rings (SSSR count). The molecule has 23 heavy (non-hydrogen) atoms. The molecular formula is C15H19N3O5. The van der Waals surface area contributed by atoms with Crippen LogP contribution in [0.4, 0.5) is 0 Å². The van der Waals surface area contributed by atoms with Crippen molar-refractivity contribution in [1.82, 2.24) is 0 Å². The molecule has 0 fully saturated rings. The predicted molar refractivity (Wildman–Crippen MR) is 84.6 cm³/mol. The lowest BCUT2D eigenvalue weighted by Gasteiger charge is -2.16. The molecule has 0 atom stereocenters. The molecule has 0 radical (unpaired) electrons. The first-order chi connectivity index (χ1) is 11.0. The second-order valence-corrected chi connectivity index (χ2v) is 4.30. The second kappa shape index (κ2) is 8.55. The van der Waals surface area contributed by atoms with Crippen LogP contribution in [0.15, 0.2) is 16.9 Å². The van der Waals surface area contributed by atoms with Crippen molar-refractivity contribution in [2.24, 2.45) is 5.11 Å². The van der Waals surface area contributed by atoms with Crippen molar-refractivity contribution in [3.63, 3.8) is 0 Å². The Kier molecular flexibility index (Phi) is 6.76. The largest absolute Gasteiger partial charge is 0.496 e. The Bertz CT molecular complexity index is 664. The van der Waals surface area contributed by atoms with Gasteiger partial charge in [-0.15, -0.1) is 0 Å². The van der Waals surface area contributed by atoms with Gasteiger partial charge in [-0.1, -0.05) is 5.11 Å². The summed E-state index contributed by atoms with van der Waals surface area (Å²) in [5.41, 5.74) is 9.63. The Hall–Kier alpha value is -2.86. The van der Waals surface area contributed by atoms with Crippen molar-refractivity contribution >= 4 is 12.0 Å². The number of benzene rings is 1. The van der Waals surface area contributed by atoms with Crippen LogP contribution in [-0.4, -0.2) is 33.9 Å². The number of methoxy groups -OCH3 is 3. The molecule has 0 unspecified atom stereocenters. The fourth-order valence-corrected chi connectivity index (χ4v) is 2.09. The molecule has 0 aliphatic heterocycles. The van der Waals surface area contributed by atoms with E-state index in [1.54, 1.807) is 19.9 Å². The van der Waals surface area contributed by atoms with E-state index in [1.165, 1.54) is 27.4 Å². The van der Waals surface area contributed by atoms with Gasteiger partial charge in [-0.25, -0.2) is 4.79 Å². The van der Waals surface area contributed by atoms with Gasteiger partial charge < -0.3 is 18.9 Å². The second-order valence-electron chi connectivity index (χ2n) is 4.30. The van der Waals surface area contributed by atoms with Crippen molar-refractivity contribution in [1.29, 1.82) is 0 Å². The summed E-state index contributed by atoms with van der Waals surface area (Å²) in [5.74, 6) is 0.724. The van der Waals surface area contributed by atoms with Crippen LogP contribution in [-0.2, 0) is 9.53 Å². The summed E-state index contributed by atoms with van der Waals surface area (Å²) in [4.78, 5) is 14.5. The van der Waals surface area contributed by atoms with Crippen molar-refractivity contribution in [3.8, 4) is 17.2 Å². The zero-order valence-corrected chi connectivity index (χ0v) is 13.7. The van der Waals surface area contributed by atoms with Crippen molar-refractivity contribution < 1.29 is 23.7 Å². The number of azide groups is 1. The van der Waals surface area contributed by atoms with E-state index < -0.39 is 5.97 Å². The maximum absolute atomic E-state index is 11.8. The van der Waals surface area contributed by atoms with Gasteiger partial charge in [0.15, 0.2) is 11.5 Å². The predicted octanol–water partition coefficient (Wildman–Crippen LogP) is 3.24. The lowest BCUT2D eigenvalue weighted by Crippen LogP contribution is -2.06. The molecular weight excluding hydrogens is 302 g/mol. The van der Waals surface area contributed by atoms with E-state index in [9.17, 15) is 4.79 Å². The molecule has 0 saturated carbocycles. The fourth-order valence-electron chi connectivity index (χ4n) is 2.09. The van der Waals surface area contributed by atoms with E-state index in [0.29, 0.717) is 28.4 Å². The molecule has 0 aliphatic rings. The number of nitrogens with zero attached hydrogens (tertiary/aromatic N) is 3. The summed E-state index contributed by atoms with van der Waals surface area (Å²) >= 11 is 0. The molecule has 8 nitrogen and oxygen atoms in total. The Morgan fingerprint density at radius 3 is 2.39 bits per heavy atom. The minimum absolute atomic E-state index is 0.166. The average Bonchev–Trinajstić information content (AvgIpc) is 2.54. The number of carbonyl (C=O) groups is 1. The van der Waals surface area contributed by atoms with Gasteiger partial charge in [-0.3, -0.25) is 0 Å². The first-order valence-corrected chi connectivity index (χ1v) is 6.77. The maximum atomic E-state index is 11.8. The SMILES string of the molecule is CCOC(=O)/C(=C/c1cc(OC)c(OC)c(C)c1OC)N=[N+]=[N-]. The standard InChI is InChI=1S/C15H19N3O5/c1-6-23-15(19)11(17-18-16)7-10-8-12(20-3)14(22-5)9(2)13(10)21-4/h7-8H,6H2,1-5H3/b11-7-. The number of rotatable bonds is 7. The molecule has 0 bridgehead atoms. The van der Waals surface area contributed by atoms with Gasteiger partial charge in [0.1, 0.15) is 11.4 Å². The highest BCUT2D eigenvalue weighted by atomic mass is 16.5. The van der Waals surface area contributed by atoms with Gasteiger partial charge >= 0.3 is 5.97 Å². The van der Waals surface area contributed by atoms with E-state index in [2.05, 4.69) is 10.0 Å². The summed E-state index contributed by atoms with van der Waals surface area (Å²) in [5, 5.41) is 3.38. The van der Waals surface area contributed by atoms with Crippen LogP contribution in [0, 0.1) is 6.92 Å². The highest BCUT2D eigenvalue weighted by molar-refractivity contribution is 5.94. The summed E-state index contributed by atoms with van der Waals surface area (Å²) in [6.07, 6.45) is 1.38. The first-order valence-electron chi connectivity index (χ1n) is 6.77. The highest BCUT2D eigenvalue weighted by Gasteiger charge is 2.18. The summed E-state index contributed by atoms with van der Waals surface area (Å²) in [6.45, 7) is 3.61. The molecule has 0 saturated heterocycles. The van der Waals surface area contributed by atoms with Crippen LogP contribution in [0.1, 0.15) is 18.1 Å². The highest BCUT2D eigenvalue weighted by Crippen LogP contribution is 2.40. The van der Waals surface area contributed by atoms with Crippen molar-refractivity contribution in [3.05, 3.63) is 33.3 Å². The minimum atomic E-state index is -0.722. The Labute approximate surface area is 134 Å². The van der Waals surface area contributed by atoms with Crippen molar-refractivity contribution in [2.45, 2.75) is 13.8 Å². The lowest BCUT2D eigenvalue weighted by atomic mass is 10.1. The van der Waals surface area contributed by atoms with Crippen LogP contribution < -0.4 is 14.2 Å². The van der Waals surface area contributed by atoms with Gasteiger partial charge in [-0.05, 0) is 31.5 Å². The Balaban J connectivity index is 3.56. The zero-order valence-electron chi connectivity index (χ0n) is 13.7. The Morgan fingerprint density at radius 1 is 1.26 bits per heavy atom. The smallest absolute Gasteiger partial charge is 0.340 e. The quantitative estimate of drug-likeness (QED) is 0.252. The van der Waals surface area contributed by atoms with Gasteiger partial charge in [-0.2, -0.15) is 0 Å². The first kappa shape index (κ1) is 18.2. The number of ether oxygens (including phenoxy) is 4. The van der Waals surface area contributed by atoms with E-state index in [4.69, 9.17) is 24.5 Å². The molecule has 0 aromatic heterocycles. The van der Waals surface area contributed by atoms with E-state index in [0.717, 1.165) is 0 Å². The molecule has 1 aromatic rings. The number of hydrogen-bond acceptors (Lipinski definition) is 6. The topological polar surface area (TPSA) is 103 Å². The van der Waals surface area contributed by atoms with E-state index >= 15 is 0 Å². The van der Waals surface area contributed by atoms with E-state index in [1.807, 2.05) is 0 Å². The lowest BCUT2D eigenvalue weighted by molar-refractivity contribution is -0.138. The molecule has 124 valence electrons. The third-order valence-corrected chi connectivity index (χ3v) is 3.01. The zero-order chi connectivity index (χ0) is 17.4. The summed E-state index contributed by atoms with van der Waals surface area (Å²) in [6, 6.07) is 1.62. The Morgan fingerprint density at radius 2 is 1.91 bits per heavy atom. The average molecular weight is 321 g/mol. The molecule has 0 heterocycles. The van der Waals surface area contributed by atoms with Gasteiger partial charge in [0.25, 0.3) is 0 Å². The third-order valence-electron chi connectivity index (χ3n) is 3.01. The molecule has 0 N–H and O–H groups in total. The van der Waals surface area contributed by atoms with Gasteiger partial charge in [0.05, 0.1) is 27.9 Å². The molecule has 0 aliphatic carbocycles. The van der Waals surface area contributed by atoms with Gasteiger partial charge in [0.2, 0.25) is 0 Å². The van der Waals surface area contributed by atoms with Crippen LogP contribution in [0.2, 0.25) is 0 Å². The normalized spacial score (nSPS) is 10.6. The molecule has 8 heteroatoms. The van der Waals surface area contributed by atoms with Crippen molar-refractivity contribution in [2.75, 3.05) is 27.9 Å². The molecule has 1 aromatic carbocycles. The monoisotopic (exact) mass is 321 g/mol. The van der Waals surface area contributed by atoms with Crippen LogP contribution in [0.25, 0.3) is 16.5 Å². The molecule has 0 spiro atoms. The number of hydrogen-bond donors (Lipinski definition) is 0. The van der Waals surface area contributed by atoms with E-state index in [-0.39, 0.29) is 12.3 Å². The van der Waals surface area contributed by atoms with Gasteiger partial charge in [0, 0.05) is 16.0 Å². The van der Waals surface area contributed by atoms with Crippen LogP contribution in [0.3, 0.4) is 0 Å². The minimum Gasteiger partial charge on any atom is -0.496 e. The third kappa shape index (κ3) is 4.08. The van der Waals surface area contributed by atoms with Crippen LogP contribution >= 0.6 is 0 Å². The summed E-state index contributed by atoms with van der Waals surface area (Å²) < 4.78 is 20.8. The fraction of sp³-hybridized carbons (Fsp3) is 0.400. The maximum Gasteiger partial charge on any atom is 0.340 e. The summed E-state index contributed by atoms with van der Waals surface area (Å²) in [7, 11) is 4.50.